The predicted molar refractivity (Wildman–Crippen MR) is 77.6 cm³/mol. The molecule has 0 unspecified atom stereocenters. The van der Waals surface area contributed by atoms with Crippen LogP contribution in [-0.2, 0) is 0 Å². The maximum atomic E-state index is 13.8. The van der Waals surface area contributed by atoms with Crippen molar-refractivity contribution in [3.63, 3.8) is 0 Å². The molecule has 2 aromatic rings. The highest BCUT2D eigenvalue weighted by molar-refractivity contribution is 9.10. The number of nitrogens with two attached hydrogens (primary N) is 1. The molecule has 0 atom stereocenters. The van der Waals surface area contributed by atoms with Gasteiger partial charge in [-0.2, -0.15) is 0 Å². The summed E-state index contributed by atoms with van der Waals surface area (Å²) in [5.74, 6) is -2.22. The number of rotatable bonds is 2. The van der Waals surface area contributed by atoms with Crippen LogP contribution in [0, 0.1) is 18.6 Å². The first-order chi connectivity index (χ1) is 9.40. The topological polar surface area (TPSA) is 55.1 Å². The SMILES string of the molecule is Cc1ccc(F)c(NC(=O)c2ccc(N)c(Br)c2)c1F. The van der Waals surface area contributed by atoms with Gasteiger partial charge in [0.25, 0.3) is 5.91 Å². The van der Waals surface area contributed by atoms with Crippen LogP contribution < -0.4 is 11.1 Å². The lowest BCUT2D eigenvalue weighted by Gasteiger charge is -2.10. The van der Waals surface area contributed by atoms with Gasteiger partial charge in [-0.05, 0) is 52.7 Å². The molecule has 0 bridgehead atoms. The Morgan fingerprint density at radius 2 is 1.95 bits per heavy atom. The van der Waals surface area contributed by atoms with Crippen LogP contribution in [0.3, 0.4) is 0 Å². The van der Waals surface area contributed by atoms with E-state index in [-0.39, 0.29) is 11.1 Å². The van der Waals surface area contributed by atoms with E-state index in [1.807, 2.05) is 0 Å². The number of nitrogen functional groups attached to an aromatic ring is 1. The van der Waals surface area contributed by atoms with Crippen LogP contribution >= 0.6 is 15.9 Å². The van der Waals surface area contributed by atoms with Crippen LogP contribution in [0.2, 0.25) is 0 Å². The van der Waals surface area contributed by atoms with Crippen LogP contribution in [0.15, 0.2) is 34.8 Å². The zero-order valence-electron chi connectivity index (χ0n) is 10.5. The van der Waals surface area contributed by atoms with Crippen molar-refractivity contribution in [1.82, 2.24) is 0 Å². The lowest BCUT2D eigenvalue weighted by Crippen LogP contribution is -2.15. The molecule has 0 aliphatic carbocycles. The molecule has 0 saturated carbocycles. The largest absolute Gasteiger partial charge is 0.398 e. The number of nitrogens with one attached hydrogen (secondary N) is 1. The fourth-order valence-electron chi connectivity index (χ4n) is 1.63. The van der Waals surface area contributed by atoms with E-state index in [9.17, 15) is 13.6 Å². The molecule has 1 amide bonds. The molecule has 0 spiro atoms. The van der Waals surface area contributed by atoms with Gasteiger partial charge in [0.2, 0.25) is 0 Å². The Bertz CT molecular complexity index is 689. The normalized spacial score (nSPS) is 10.4. The molecule has 0 aliphatic rings. The summed E-state index contributed by atoms with van der Waals surface area (Å²) in [5, 5.41) is 2.23. The third kappa shape index (κ3) is 2.80. The minimum atomic E-state index is -0.823. The summed E-state index contributed by atoms with van der Waals surface area (Å²) in [6.07, 6.45) is 0. The first kappa shape index (κ1) is 14.5. The lowest BCUT2D eigenvalue weighted by molar-refractivity contribution is 0.102. The van der Waals surface area contributed by atoms with Crippen molar-refractivity contribution in [1.29, 1.82) is 0 Å². The van der Waals surface area contributed by atoms with Crippen LogP contribution in [0.5, 0.6) is 0 Å². The first-order valence-electron chi connectivity index (χ1n) is 5.71. The van der Waals surface area contributed by atoms with Crippen molar-refractivity contribution in [2.24, 2.45) is 0 Å². The van der Waals surface area contributed by atoms with E-state index >= 15 is 0 Å². The van der Waals surface area contributed by atoms with Gasteiger partial charge in [0.05, 0.1) is 0 Å². The number of carbonyl (C=O) groups is 1. The maximum absolute atomic E-state index is 13.8. The third-order valence-electron chi connectivity index (χ3n) is 2.79. The fourth-order valence-corrected chi connectivity index (χ4v) is 2.00. The van der Waals surface area contributed by atoms with Gasteiger partial charge in [-0.1, -0.05) is 6.07 Å². The summed E-state index contributed by atoms with van der Waals surface area (Å²) in [6, 6.07) is 6.90. The van der Waals surface area contributed by atoms with Crippen molar-refractivity contribution in [3.05, 3.63) is 57.6 Å². The highest BCUT2D eigenvalue weighted by atomic mass is 79.9. The van der Waals surface area contributed by atoms with Gasteiger partial charge < -0.3 is 11.1 Å². The second-order valence-corrected chi connectivity index (χ2v) is 5.10. The van der Waals surface area contributed by atoms with Crippen molar-refractivity contribution in [2.45, 2.75) is 6.92 Å². The average Bonchev–Trinajstić information content (AvgIpc) is 2.42. The van der Waals surface area contributed by atoms with Gasteiger partial charge in [-0.25, -0.2) is 8.78 Å². The number of hydrogen-bond donors (Lipinski definition) is 2. The molecule has 2 rings (SSSR count). The van der Waals surface area contributed by atoms with Crippen molar-refractivity contribution < 1.29 is 13.6 Å². The number of amides is 1. The van der Waals surface area contributed by atoms with Crippen molar-refractivity contribution in [3.8, 4) is 0 Å². The van der Waals surface area contributed by atoms with Gasteiger partial charge in [0, 0.05) is 15.7 Å². The number of halogens is 3. The first-order valence-corrected chi connectivity index (χ1v) is 6.50. The number of aryl methyl sites for hydroxylation is 1. The zero-order chi connectivity index (χ0) is 14.9. The molecule has 2 aromatic carbocycles. The molecule has 0 aromatic heterocycles. The Morgan fingerprint density at radius 3 is 2.60 bits per heavy atom. The Hall–Kier alpha value is -1.95. The minimum absolute atomic E-state index is 0.242. The number of hydrogen-bond acceptors (Lipinski definition) is 2. The van der Waals surface area contributed by atoms with Crippen LogP contribution in [0.25, 0.3) is 0 Å². The molecular weight excluding hydrogens is 330 g/mol. The van der Waals surface area contributed by atoms with E-state index in [4.69, 9.17) is 5.73 Å². The summed E-state index contributed by atoms with van der Waals surface area (Å²) >= 11 is 3.19. The Balaban J connectivity index is 2.32. The van der Waals surface area contributed by atoms with Gasteiger partial charge in [-0.15, -0.1) is 0 Å². The minimum Gasteiger partial charge on any atom is -0.398 e. The molecule has 0 fully saturated rings. The molecule has 0 heterocycles. The highest BCUT2D eigenvalue weighted by Crippen LogP contribution is 2.24. The summed E-state index contributed by atoms with van der Waals surface area (Å²) in [6.45, 7) is 1.49. The molecule has 0 aliphatic heterocycles. The fraction of sp³-hybridized carbons (Fsp3) is 0.0714. The van der Waals surface area contributed by atoms with E-state index in [0.29, 0.717) is 10.2 Å². The van der Waals surface area contributed by atoms with Gasteiger partial charge in [0.1, 0.15) is 11.5 Å². The molecule has 0 radical (unpaired) electrons. The Morgan fingerprint density at radius 1 is 1.25 bits per heavy atom. The smallest absolute Gasteiger partial charge is 0.255 e. The summed E-state index contributed by atoms with van der Waals surface area (Å²) in [4.78, 5) is 12.0. The number of carbonyl (C=O) groups excluding carboxylic acids is 1. The van der Waals surface area contributed by atoms with E-state index in [1.54, 1.807) is 0 Å². The summed E-state index contributed by atoms with van der Waals surface area (Å²) in [5.41, 5.74) is 6.11. The summed E-state index contributed by atoms with van der Waals surface area (Å²) in [7, 11) is 0. The quantitative estimate of drug-likeness (QED) is 0.815. The molecule has 3 nitrogen and oxygen atoms in total. The van der Waals surface area contributed by atoms with Gasteiger partial charge in [-0.3, -0.25) is 4.79 Å². The Kier molecular flexibility index (Phi) is 4.04. The van der Waals surface area contributed by atoms with E-state index < -0.39 is 23.2 Å². The number of benzene rings is 2. The lowest BCUT2D eigenvalue weighted by atomic mass is 10.1. The summed E-state index contributed by atoms with van der Waals surface area (Å²) < 4.78 is 27.9. The molecule has 20 heavy (non-hydrogen) atoms. The van der Waals surface area contributed by atoms with Crippen LogP contribution in [-0.4, -0.2) is 5.91 Å². The average molecular weight is 341 g/mol. The predicted octanol–water partition coefficient (Wildman–Crippen LogP) is 3.87. The molecule has 104 valence electrons. The molecule has 3 N–H and O–H groups in total. The van der Waals surface area contributed by atoms with Crippen molar-refractivity contribution in [2.75, 3.05) is 11.1 Å². The number of anilines is 2. The standard InChI is InChI=1S/C14H11BrF2N2O/c1-7-2-4-10(16)13(12(7)17)19-14(20)8-3-5-11(18)9(15)6-8/h2-6H,18H2,1H3,(H,19,20). The zero-order valence-corrected chi connectivity index (χ0v) is 12.1. The van der Waals surface area contributed by atoms with Crippen LogP contribution in [0.4, 0.5) is 20.2 Å². The highest BCUT2D eigenvalue weighted by Gasteiger charge is 2.15. The van der Waals surface area contributed by atoms with E-state index in [2.05, 4.69) is 21.2 Å². The second kappa shape index (κ2) is 5.58. The van der Waals surface area contributed by atoms with E-state index in [0.717, 1.165) is 6.07 Å². The molecule has 0 saturated heterocycles. The van der Waals surface area contributed by atoms with Crippen molar-refractivity contribution >= 4 is 33.2 Å². The third-order valence-corrected chi connectivity index (χ3v) is 3.47. The Labute approximate surface area is 122 Å². The van der Waals surface area contributed by atoms with Gasteiger partial charge >= 0.3 is 0 Å². The van der Waals surface area contributed by atoms with Crippen LogP contribution in [0.1, 0.15) is 15.9 Å². The molecule has 6 heteroatoms. The molecular formula is C14H11BrF2N2O. The maximum Gasteiger partial charge on any atom is 0.255 e. The van der Waals surface area contributed by atoms with E-state index in [1.165, 1.54) is 31.2 Å². The monoisotopic (exact) mass is 340 g/mol. The van der Waals surface area contributed by atoms with Gasteiger partial charge in [0.15, 0.2) is 5.82 Å². The second-order valence-electron chi connectivity index (χ2n) is 4.24.